The summed E-state index contributed by atoms with van der Waals surface area (Å²) < 4.78 is 0. The first-order valence-corrected chi connectivity index (χ1v) is 6.59. The lowest BCUT2D eigenvalue weighted by atomic mass is 10.0. The zero-order valence-corrected chi connectivity index (χ0v) is 11.8. The van der Waals surface area contributed by atoms with Crippen molar-refractivity contribution in [1.29, 1.82) is 0 Å². The number of hydrogen-bond donors (Lipinski definition) is 2. The van der Waals surface area contributed by atoms with Crippen LogP contribution in [0.3, 0.4) is 0 Å². The van der Waals surface area contributed by atoms with Gasteiger partial charge in [-0.25, -0.2) is 0 Å². The lowest BCUT2D eigenvalue weighted by molar-refractivity contribution is -0.137. The molecule has 1 atom stereocenters. The molecule has 0 aliphatic rings. The lowest BCUT2D eigenvalue weighted by Gasteiger charge is -2.14. The van der Waals surface area contributed by atoms with E-state index >= 15 is 0 Å². The molecule has 0 aliphatic heterocycles. The van der Waals surface area contributed by atoms with Crippen molar-refractivity contribution in [2.75, 3.05) is 0 Å². The molecular formula is C12H13Cl3O3. The minimum Gasteiger partial charge on any atom is -0.481 e. The van der Waals surface area contributed by atoms with Crippen molar-refractivity contribution in [3.63, 3.8) is 0 Å². The molecule has 0 aromatic heterocycles. The summed E-state index contributed by atoms with van der Waals surface area (Å²) in [4.78, 5) is 10.3. The summed E-state index contributed by atoms with van der Waals surface area (Å²) in [7, 11) is 0. The van der Waals surface area contributed by atoms with Crippen LogP contribution in [0.15, 0.2) is 12.1 Å². The molecule has 0 saturated heterocycles. The van der Waals surface area contributed by atoms with Crippen molar-refractivity contribution in [1.82, 2.24) is 0 Å². The first-order chi connectivity index (χ1) is 8.41. The van der Waals surface area contributed by atoms with Gasteiger partial charge >= 0.3 is 5.97 Å². The van der Waals surface area contributed by atoms with E-state index in [0.29, 0.717) is 39.9 Å². The zero-order valence-electron chi connectivity index (χ0n) is 9.50. The smallest absolute Gasteiger partial charge is 0.303 e. The second-order valence-corrected chi connectivity index (χ2v) is 5.19. The molecule has 100 valence electrons. The number of rotatable bonds is 6. The largest absolute Gasteiger partial charge is 0.481 e. The topological polar surface area (TPSA) is 57.5 Å². The van der Waals surface area contributed by atoms with Crippen molar-refractivity contribution in [3.05, 3.63) is 32.8 Å². The van der Waals surface area contributed by atoms with Crippen molar-refractivity contribution in [2.45, 2.75) is 31.8 Å². The third-order valence-corrected chi connectivity index (χ3v) is 3.34. The van der Waals surface area contributed by atoms with Gasteiger partial charge in [-0.05, 0) is 31.4 Å². The second kappa shape index (κ2) is 7.19. The second-order valence-electron chi connectivity index (χ2n) is 3.94. The Labute approximate surface area is 120 Å². The molecule has 1 aromatic rings. The average molecular weight is 312 g/mol. The quantitative estimate of drug-likeness (QED) is 0.769. The summed E-state index contributed by atoms with van der Waals surface area (Å²) in [6.45, 7) is 0. The number of carboxylic acid groups (broad SMARTS) is 1. The number of aliphatic carboxylic acids is 1. The fourth-order valence-electron chi connectivity index (χ4n) is 1.63. The molecule has 0 fully saturated rings. The molecule has 0 saturated carbocycles. The predicted molar refractivity (Wildman–Crippen MR) is 72.5 cm³/mol. The third kappa shape index (κ3) is 4.65. The van der Waals surface area contributed by atoms with Gasteiger partial charge in [0.15, 0.2) is 0 Å². The monoisotopic (exact) mass is 310 g/mol. The fourth-order valence-corrected chi connectivity index (χ4v) is 2.70. The van der Waals surface area contributed by atoms with E-state index in [1.165, 1.54) is 12.1 Å². The molecule has 1 unspecified atom stereocenters. The van der Waals surface area contributed by atoms with Gasteiger partial charge in [-0.3, -0.25) is 4.79 Å². The number of unbranched alkanes of at least 4 members (excludes halogenated alkanes) is 1. The number of aliphatic hydroxyl groups excluding tert-OH is 1. The highest BCUT2D eigenvalue weighted by Crippen LogP contribution is 2.35. The summed E-state index contributed by atoms with van der Waals surface area (Å²) in [5.41, 5.74) is 0.443. The molecule has 0 spiro atoms. The molecule has 0 aliphatic carbocycles. The highest BCUT2D eigenvalue weighted by atomic mass is 35.5. The average Bonchev–Trinajstić information content (AvgIpc) is 2.22. The summed E-state index contributed by atoms with van der Waals surface area (Å²) in [6.07, 6.45) is 0.789. The van der Waals surface area contributed by atoms with Crippen LogP contribution < -0.4 is 0 Å². The Balaban J connectivity index is 2.61. The van der Waals surface area contributed by atoms with Crippen LogP contribution in [0.25, 0.3) is 0 Å². The fraction of sp³-hybridized carbons (Fsp3) is 0.417. The normalized spacial score (nSPS) is 12.4. The summed E-state index contributed by atoms with van der Waals surface area (Å²) in [5, 5.41) is 19.5. The molecule has 18 heavy (non-hydrogen) atoms. The maximum Gasteiger partial charge on any atom is 0.303 e. The Bertz CT molecular complexity index is 412. The van der Waals surface area contributed by atoms with E-state index in [1.807, 2.05) is 0 Å². The molecule has 1 rings (SSSR count). The molecule has 6 heteroatoms. The maximum absolute atomic E-state index is 10.3. The lowest BCUT2D eigenvalue weighted by Crippen LogP contribution is -2.01. The summed E-state index contributed by atoms with van der Waals surface area (Å²) in [6, 6.07) is 3.04. The van der Waals surface area contributed by atoms with Crippen molar-refractivity contribution in [3.8, 4) is 0 Å². The minimum atomic E-state index is -0.841. The van der Waals surface area contributed by atoms with Gasteiger partial charge in [0, 0.05) is 27.1 Å². The Morgan fingerprint density at radius 1 is 1.17 bits per heavy atom. The van der Waals surface area contributed by atoms with E-state index in [2.05, 4.69) is 0 Å². The van der Waals surface area contributed by atoms with Gasteiger partial charge in [0.25, 0.3) is 0 Å². The molecular weight excluding hydrogens is 298 g/mol. The number of aliphatic hydroxyl groups is 1. The van der Waals surface area contributed by atoms with Gasteiger partial charge in [0.05, 0.1) is 6.10 Å². The van der Waals surface area contributed by atoms with E-state index in [9.17, 15) is 9.90 Å². The molecule has 0 amide bonds. The van der Waals surface area contributed by atoms with Gasteiger partial charge in [-0.15, -0.1) is 0 Å². The van der Waals surface area contributed by atoms with Gasteiger partial charge in [0.1, 0.15) is 0 Å². The Hall–Kier alpha value is -0.480. The van der Waals surface area contributed by atoms with Crippen molar-refractivity contribution >= 4 is 40.8 Å². The Morgan fingerprint density at radius 3 is 2.22 bits per heavy atom. The summed E-state index contributed by atoms with van der Waals surface area (Å²) >= 11 is 17.7. The molecule has 0 bridgehead atoms. The number of hydrogen-bond acceptors (Lipinski definition) is 2. The minimum absolute atomic E-state index is 0.0921. The van der Waals surface area contributed by atoms with Gasteiger partial charge in [-0.2, -0.15) is 0 Å². The Kier molecular flexibility index (Phi) is 6.22. The number of benzene rings is 1. The van der Waals surface area contributed by atoms with Crippen molar-refractivity contribution in [2.24, 2.45) is 0 Å². The van der Waals surface area contributed by atoms with E-state index in [-0.39, 0.29) is 6.42 Å². The summed E-state index contributed by atoms with van der Waals surface area (Å²) in [5.74, 6) is -0.841. The molecule has 3 nitrogen and oxygen atoms in total. The maximum atomic E-state index is 10.3. The van der Waals surface area contributed by atoms with Gasteiger partial charge in [-0.1, -0.05) is 34.8 Å². The number of halogens is 3. The van der Waals surface area contributed by atoms with Crippen LogP contribution in [0, 0.1) is 0 Å². The first-order valence-electron chi connectivity index (χ1n) is 5.46. The molecule has 1 aromatic carbocycles. The Morgan fingerprint density at radius 2 is 1.72 bits per heavy atom. The van der Waals surface area contributed by atoms with E-state index in [4.69, 9.17) is 39.9 Å². The number of carboxylic acids is 1. The standard InChI is InChI=1S/C12H13Cl3O3/c13-7-5-8(14)12(9(15)6-7)10(16)3-1-2-4-11(17)18/h5-6,10,16H,1-4H2,(H,17,18). The predicted octanol–water partition coefficient (Wildman–Crippen LogP) is 4.33. The van der Waals surface area contributed by atoms with Crippen LogP contribution in [-0.2, 0) is 4.79 Å². The van der Waals surface area contributed by atoms with Crippen LogP contribution in [0.4, 0.5) is 0 Å². The zero-order chi connectivity index (χ0) is 13.7. The SMILES string of the molecule is O=C(O)CCCCC(O)c1c(Cl)cc(Cl)cc1Cl. The van der Waals surface area contributed by atoms with Crippen LogP contribution in [0.1, 0.15) is 37.4 Å². The molecule has 0 heterocycles. The van der Waals surface area contributed by atoms with Gasteiger partial charge < -0.3 is 10.2 Å². The van der Waals surface area contributed by atoms with Crippen LogP contribution in [-0.4, -0.2) is 16.2 Å². The highest BCUT2D eigenvalue weighted by Gasteiger charge is 2.16. The highest BCUT2D eigenvalue weighted by molar-refractivity contribution is 6.39. The van der Waals surface area contributed by atoms with Crippen molar-refractivity contribution < 1.29 is 15.0 Å². The number of carbonyl (C=O) groups is 1. The van der Waals surface area contributed by atoms with E-state index < -0.39 is 12.1 Å². The molecule has 0 radical (unpaired) electrons. The van der Waals surface area contributed by atoms with Crippen LogP contribution in [0.2, 0.25) is 15.1 Å². The third-order valence-electron chi connectivity index (χ3n) is 2.50. The van der Waals surface area contributed by atoms with E-state index in [1.54, 1.807) is 0 Å². The van der Waals surface area contributed by atoms with Gasteiger partial charge in [0.2, 0.25) is 0 Å². The van der Waals surface area contributed by atoms with Crippen LogP contribution >= 0.6 is 34.8 Å². The van der Waals surface area contributed by atoms with Crippen LogP contribution in [0.5, 0.6) is 0 Å². The molecule has 2 N–H and O–H groups in total. The van der Waals surface area contributed by atoms with E-state index in [0.717, 1.165) is 0 Å². The first kappa shape index (κ1) is 15.6.